The van der Waals surface area contributed by atoms with Crippen molar-refractivity contribution in [3.63, 3.8) is 0 Å². The smallest absolute Gasteiger partial charge is 0.00297 e. The van der Waals surface area contributed by atoms with E-state index in [0.29, 0.717) is 0 Å². The quantitative estimate of drug-likeness (QED) is 0.351. The number of terminal acetylenes is 1. The van der Waals surface area contributed by atoms with E-state index in [0.717, 1.165) is 12.3 Å². The molecule has 0 radical (unpaired) electrons. The third-order valence-electron chi connectivity index (χ3n) is 1.12. The molecule has 0 aromatic carbocycles. The fourth-order valence-electron chi connectivity index (χ4n) is 0. The molecular formula is C23H48. The van der Waals surface area contributed by atoms with Crippen molar-refractivity contribution in [3.05, 3.63) is 37.0 Å². The molecule has 0 rings (SSSR count). The highest BCUT2D eigenvalue weighted by Crippen LogP contribution is 1.81. The normalized spacial score (nSPS) is 7.09. The van der Waals surface area contributed by atoms with Crippen LogP contribution >= 0.6 is 0 Å². The maximum atomic E-state index is 4.60. The van der Waals surface area contributed by atoms with E-state index in [9.17, 15) is 0 Å². The third kappa shape index (κ3) is 2310. The van der Waals surface area contributed by atoms with Crippen molar-refractivity contribution in [2.75, 3.05) is 0 Å². The molecule has 0 saturated heterocycles. The van der Waals surface area contributed by atoms with Gasteiger partial charge in [0, 0.05) is 0 Å². The van der Waals surface area contributed by atoms with Crippen molar-refractivity contribution in [2.45, 2.75) is 95.4 Å². The van der Waals surface area contributed by atoms with Gasteiger partial charge < -0.3 is 0 Å². The molecule has 0 fully saturated rings. The largest absolute Gasteiger partial charge is 0.120 e. The molecule has 23 heavy (non-hydrogen) atoms. The van der Waals surface area contributed by atoms with Gasteiger partial charge in [0.2, 0.25) is 0 Å². The SMILES string of the molecule is C#CC.C/C=C/C.C=C(C)C.C=CCC.CC(C)C.CCCC. The fraction of sp³-hybridized carbons (Fsp3) is 0.652. The topological polar surface area (TPSA) is 0 Å². The van der Waals surface area contributed by atoms with Gasteiger partial charge >= 0.3 is 0 Å². The van der Waals surface area contributed by atoms with Crippen LogP contribution in [0, 0.1) is 18.3 Å². The number of hydrogen-bond donors (Lipinski definition) is 0. The predicted molar refractivity (Wildman–Crippen MR) is 117 cm³/mol. The Morgan fingerprint density at radius 1 is 1.00 bits per heavy atom. The molecule has 0 amide bonds. The molecule has 0 aromatic heterocycles. The zero-order valence-electron chi connectivity index (χ0n) is 18.4. The first-order chi connectivity index (χ1) is 10.6. The second-order valence-corrected chi connectivity index (χ2v) is 5.59. The molecule has 0 N–H and O–H groups in total. The summed E-state index contributed by atoms with van der Waals surface area (Å²) in [5, 5.41) is 0. The van der Waals surface area contributed by atoms with Crippen LogP contribution in [0.1, 0.15) is 95.4 Å². The number of allylic oxidation sites excluding steroid dienone is 4. The Bertz CT molecular complexity index is 210. The minimum Gasteiger partial charge on any atom is -0.120 e. The van der Waals surface area contributed by atoms with Gasteiger partial charge in [0.1, 0.15) is 0 Å². The highest BCUT2D eigenvalue weighted by Gasteiger charge is 1.68. The molecule has 0 saturated carbocycles. The van der Waals surface area contributed by atoms with Gasteiger partial charge in [-0.15, -0.1) is 25.5 Å². The summed E-state index contributed by atoms with van der Waals surface area (Å²) in [4.78, 5) is 0. The van der Waals surface area contributed by atoms with Crippen LogP contribution in [-0.4, -0.2) is 0 Å². The van der Waals surface area contributed by atoms with E-state index < -0.39 is 0 Å². The summed E-state index contributed by atoms with van der Waals surface area (Å²) in [7, 11) is 0. The van der Waals surface area contributed by atoms with Crippen molar-refractivity contribution >= 4 is 0 Å². The van der Waals surface area contributed by atoms with Crippen LogP contribution in [0.4, 0.5) is 0 Å². The number of unbranched alkanes of at least 4 members (excludes halogenated alkanes) is 1. The van der Waals surface area contributed by atoms with Crippen LogP contribution in [0.25, 0.3) is 0 Å². The average molecular weight is 325 g/mol. The van der Waals surface area contributed by atoms with Gasteiger partial charge in [0.25, 0.3) is 0 Å². The fourth-order valence-corrected chi connectivity index (χ4v) is 0. The first kappa shape index (κ1) is 37.8. The summed E-state index contributed by atoms with van der Waals surface area (Å²) < 4.78 is 0. The van der Waals surface area contributed by atoms with Gasteiger partial charge in [0.05, 0.1) is 0 Å². The van der Waals surface area contributed by atoms with Crippen molar-refractivity contribution in [1.29, 1.82) is 0 Å². The summed E-state index contributed by atoms with van der Waals surface area (Å²) in [5.74, 6) is 3.08. The van der Waals surface area contributed by atoms with Gasteiger partial charge in [-0.25, -0.2) is 0 Å². The third-order valence-corrected chi connectivity index (χ3v) is 1.12. The summed E-state index contributed by atoms with van der Waals surface area (Å²) in [6, 6.07) is 0. The summed E-state index contributed by atoms with van der Waals surface area (Å²) in [6.07, 6.45) is 14.2. The molecular weight excluding hydrogens is 276 g/mol. The molecule has 0 heterocycles. The molecule has 0 aliphatic rings. The summed E-state index contributed by atoms with van der Waals surface area (Å²) >= 11 is 0. The Morgan fingerprint density at radius 2 is 1.13 bits per heavy atom. The van der Waals surface area contributed by atoms with Crippen LogP contribution in [0.15, 0.2) is 37.0 Å². The van der Waals surface area contributed by atoms with Crippen molar-refractivity contribution in [3.8, 4) is 12.3 Å². The van der Waals surface area contributed by atoms with E-state index in [1.54, 1.807) is 6.92 Å². The molecule has 0 heteroatoms. The standard InChI is InChI=1S/C4H10.C4H8.C4H10.2C4H8.C3H4/c2*1-4(2)3;3*1-3-4-2;1-3-2/h4H,1-3H3;1H2,2-3H3;3-4H2,1-2H3;3-4H,1-2H3;3H,1,4H2,2H3;1H,2H3/b;;;4-3+;;. The highest BCUT2D eigenvalue weighted by atomic mass is 13.7. The second kappa shape index (κ2) is 58.6. The Hall–Kier alpha value is -1.22. The molecule has 0 bridgehead atoms. The lowest BCUT2D eigenvalue weighted by atomic mass is 10.3. The van der Waals surface area contributed by atoms with Crippen LogP contribution < -0.4 is 0 Å². The minimum atomic E-state index is 0.833. The zero-order valence-corrected chi connectivity index (χ0v) is 18.4. The molecule has 0 atom stereocenters. The molecule has 0 aliphatic carbocycles. The van der Waals surface area contributed by atoms with Crippen LogP contribution in [0.3, 0.4) is 0 Å². The Morgan fingerprint density at radius 3 is 1.13 bits per heavy atom. The van der Waals surface area contributed by atoms with E-state index in [4.69, 9.17) is 0 Å². The van der Waals surface area contributed by atoms with Gasteiger partial charge in [-0.3, -0.25) is 0 Å². The van der Waals surface area contributed by atoms with Gasteiger partial charge in [-0.1, -0.05) is 78.2 Å². The molecule has 140 valence electrons. The van der Waals surface area contributed by atoms with E-state index in [1.807, 2.05) is 45.9 Å². The van der Waals surface area contributed by atoms with Crippen LogP contribution in [0.5, 0.6) is 0 Å². The van der Waals surface area contributed by atoms with Crippen LogP contribution in [-0.2, 0) is 0 Å². The van der Waals surface area contributed by atoms with E-state index >= 15 is 0 Å². The Balaban J connectivity index is -0.0000000378. The number of hydrogen-bond acceptors (Lipinski definition) is 0. The maximum absolute atomic E-state index is 4.60. The highest BCUT2D eigenvalue weighted by molar-refractivity contribution is 4.78. The van der Waals surface area contributed by atoms with Crippen molar-refractivity contribution < 1.29 is 0 Å². The second-order valence-electron chi connectivity index (χ2n) is 5.59. The molecule has 0 aromatic rings. The molecule has 0 unspecified atom stereocenters. The average Bonchev–Trinajstić information content (AvgIpc) is 2.47. The molecule has 0 nitrogen and oxygen atoms in total. The minimum absolute atomic E-state index is 0.833. The lowest BCUT2D eigenvalue weighted by Gasteiger charge is -1.79. The maximum Gasteiger partial charge on any atom is -0.00297 e. The zero-order chi connectivity index (χ0) is 20.1. The van der Waals surface area contributed by atoms with E-state index in [2.05, 4.69) is 67.0 Å². The van der Waals surface area contributed by atoms with E-state index in [-0.39, 0.29) is 0 Å². The lowest BCUT2D eigenvalue weighted by Crippen LogP contribution is -1.66. The summed E-state index contributed by atoms with van der Waals surface area (Å²) in [6.45, 7) is 29.6. The molecule has 0 spiro atoms. The summed E-state index contributed by atoms with van der Waals surface area (Å²) in [5.41, 5.74) is 1.17. The van der Waals surface area contributed by atoms with Crippen LogP contribution in [0.2, 0.25) is 0 Å². The Kier molecular flexibility index (Phi) is 96.2. The van der Waals surface area contributed by atoms with Gasteiger partial charge in [0.15, 0.2) is 0 Å². The monoisotopic (exact) mass is 324 g/mol. The first-order valence-corrected chi connectivity index (χ1v) is 8.80. The number of rotatable bonds is 2. The van der Waals surface area contributed by atoms with Crippen molar-refractivity contribution in [2.24, 2.45) is 5.92 Å². The van der Waals surface area contributed by atoms with Gasteiger partial charge in [-0.2, -0.15) is 0 Å². The van der Waals surface area contributed by atoms with Gasteiger partial charge in [-0.05, 0) is 47.0 Å². The molecule has 0 aliphatic heterocycles. The van der Waals surface area contributed by atoms with Crippen molar-refractivity contribution in [1.82, 2.24) is 0 Å². The lowest BCUT2D eigenvalue weighted by molar-refractivity contribution is 0.737. The Labute approximate surface area is 151 Å². The van der Waals surface area contributed by atoms with E-state index in [1.165, 1.54) is 18.4 Å². The predicted octanol–water partition coefficient (Wildman–Crippen LogP) is 8.86. The first-order valence-electron chi connectivity index (χ1n) is 8.80.